The quantitative estimate of drug-likeness (QED) is 0.727. The molecular formula is C9H12BrN3O2S. The maximum Gasteiger partial charge on any atom is 0.239 e. The van der Waals surface area contributed by atoms with Crippen LogP contribution in [0.3, 0.4) is 0 Å². The Morgan fingerprint density at radius 1 is 1.38 bits per heavy atom. The smallest absolute Gasteiger partial charge is 0.239 e. The molecule has 0 saturated carbocycles. The summed E-state index contributed by atoms with van der Waals surface area (Å²) in [5, 5.41) is 7.02. The lowest BCUT2D eigenvalue weighted by Gasteiger charge is -2.05. The molecule has 0 radical (unpaired) electrons. The van der Waals surface area contributed by atoms with E-state index in [0.29, 0.717) is 6.54 Å². The second kappa shape index (κ2) is 6.62. The van der Waals surface area contributed by atoms with Gasteiger partial charge >= 0.3 is 0 Å². The predicted molar refractivity (Wildman–Crippen MR) is 65.9 cm³/mol. The average molecular weight is 306 g/mol. The summed E-state index contributed by atoms with van der Waals surface area (Å²) in [4.78, 5) is 23.1. The zero-order valence-electron chi connectivity index (χ0n) is 8.46. The molecule has 1 aromatic heterocycles. The zero-order chi connectivity index (χ0) is 12.0. The summed E-state index contributed by atoms with van der Waals surface area (Å²) in [7, 11) is 0. The third kappa shape index (κ3) is 4.30. The highest BCUT2D eigenvalue weighted by Crippen LogP contribution is 2.21. The van der Waals surface area contributed by atoms with Crippen molar-refractivity contribution in [3.05, 3.63) is 20.8 Å². The minimum atomic E-state index is -0.340. The van der Waals surface area contributed by atoms with Crippen molar-refractivity contribution < 1.29 is 9.59 Å². The van der Waals surface area contributed by atoms with E-state index in [1.807, 2.05) is 11.4 Å². The molecule has 0 aliphatic rings. The largest absolute Gasteiger partial charge is 0.350 e. The first kappa shape index (κ1) is 13.1. The van der Waals surface area contributed by atoms with Gasteiger partial charge in [0.1, 0.15) is 0 Å². The van der Waals surface area contributed by atoms with Crippen LogP contribution in [0.4, 0.5) is 0 Å². The zero-order valence-corrected chi connectivity index (χ0v) is 10.9. The molecule has 1 heterocycles. The summed E-state index contributed by atoms with van der Waals surface area (Å²) < 4.78 is 0.976. The van der Waals surface area contributed by atoms with Gasteiger partial charge in [-0.25, -0.2) is 0 Å². The van der Waals surface area contributed by atoms with E-state index in [9.17, 15) is 9.59 Å². The van der Waals surface area contributed by atoms with Crippen LogP contribution in [0.2, 0.25) is 0 Å². The first-order valence-corrected chi connectivity index (χ1v) is 6.26. The first-order valence-electron chi connectivity index (χ1n) is 4.59. The second-order valence-corrected chi connectivity index (χ2v) is 4.80. The molecule has 2 amide bonds. The van der Waals surface area contributed by atoms with E-state index in [1.165, 1.54) is 0 Å². The van der Waals surface area contributed by atoms with E-state index < -0.39 is 0 Å². The van der Waals surface area contributed by atoms with E-state index in [0.717, 1.165) is 9.35 Å². The van der Waals surface area contributed by atoms with Crippen molar-refractivity contribution in [2.45, 2.75) is 6.54 Å². The molecule has 0 aromatic carbocycles. The monoisotopic (exact) mass is 305 g/mol. The van der Waals surface area contributed by atoms with Gasteiger partial charge in [-0.2, -0.15) is 0 Å². The van der Waals surface area contributed by atoms with Crippen LogP contribution in [0.1, 0.15) is 4.88 Å². The van der Waals surface area contributed by atoms with Crippen molar-refractivity contribution in [3.63, 3.8) is 0 Å². The number of halogens is 1. The number of nitrogens with one attached hydrogen (secondary N) is 2. The highest BCUT2D eigenvalue weighted by molar-refractivity contribution is 9.10. The Morgan fingerprint density at radius 2 is 2.12 bits per heavy atom. The lowest BCUT2D eigenvalue weighted by atomic mass is 10.4. The molecule has 5 nitrogen and oxygen atoms in total. The maximum absolute atomic E-state index is 11.3. The van der Waals surface area contributed by atoms with Gasteiger partial charge in [0.2, 0.25) is 11.8 Å². The van der Waals surface area contributed by atoms with Gasteiger partial charge in [-0.3, -0.25) is 9.59 Å². The Balaban J connectivity index is 2.25. The van der Waals surface area contributed by atoms with Gasteiger partial charge in [-0.05, 0) is 27.4 Å². The van der Waals surface area contributed by atoms with Crippen LogP contribution in [0.25, 0.3) is 0 Å². The molecule has 0 aliphatic carbocycles. The van der Waals surface area contributed by atoms with Crippen LogP contribution in [0.15, 0.2) is 15.9 Å². The van der Waals surface area contributed by atoms with Crippen molar-refractivity contribution in [2.24, 2.45) is 5.73 Å². The van der Waals surface area contributed by atoms with E-state index in [1.54, 1.807) is 11.3 Å². The summed E-state index contributed by atoms with van der Waals surface area (Å²) in [6, 6.07) is 1.92. The van der Waals surface area contributed by atoms with Crippen molar-refractivity contribution in [1.82, 2.24) is 10.6 Å². The van der Waals surface area contributed by atoms with Gasteiger partial charge in [-0.15, -0.1) is 11.3 Å². The number of rotatable bonds is 5. The summed E-state index contributed by atoms with van der Waals surface area (Å²) in [6.07, 6.45) is 0. The second-order valence-electron chi connectivity index (χ2n) is 2.95. The Bertz CT molecular complexity index is 381. The van der Waals surface area contributed by atoms with Crippen LogP contribution in [0, 0.1) is 0 Å². The Hall–Kier alpha value is -0.920. The third-order valence-electron chi connectivity index (χ3n) is 1.77. The number of hydrogen-bond donors (Lipinski definition) is 3. The molecule has 88 valence electrons. The number of thiophene rings is 1. The van der Waals surface area contributed by atoms with Gasteiger partial charge in [-0.1, -0.05) is 0 Å². The molecule has 0 unspecified atom stereocenters. The van der Waals surface area contributed by atoms with E-state index in [2.05, 4.69) is 26.6 Å². The van der Waals surface area contributed by atoms with Gasteiger partial charge in [0.05, 0.1) is 19.6 Å². The SMILES string of the molecule is NCC(=O)NCC(=O)NCc1sccc1Br. The van der Waals surface area contributed by atoms with E-state index >= 15 is 0 Å². The summed E-state index contributed by atoms with van der Waals surface area (Å²) in [5.74, 6) is -0.574. The minimum absolute atomic E-state index is 0.0426. The topological polar surface area (TPSA) is 84.2 Å². The fourth-order valence-electron chi connectivity index (χ4n) is 0.944. The van der Waals surface area contributed by atoms with Crippen LogP contribution < -0.4 is 16.4 Å². The number of carbonyl (C=O) groups excluding carboxylic acids is 2. The highest BCUT2D eigenvalue weighted by atomic mass is 79.9. The molecule has 4 N–H and O–H groups in total. The number of amides is 2. The maximum atomic E-state index is 11.3. The normalized spacial score (nSPS) is 9.88. The molecule has 0 saturated heterocycles. The number of carbonyl (C=O) groups is 2. The minimum Gasteiger partial charge on any atom is -0.350 e. The number of hydrogen-bond acceptors (Lipinski definition) is 4. The van der Waals surface area contributed by atoms with Gasteiger partial charge < -0.3 is 16.4 Å². The van der Waals surface area contributed by atoms with Gasteiger partial charge in [0.25, 0.3) is 0 Å². The first-order chi connectivity index (χ1) is 7.63. The summed E-state index contributed by atoms with van der Waals surface area (Å²) in [5.41, 5.74) is 5.08. The standard InChI is InChI=1S/C9H12BrN3O2S/c10-6-1-2-16-7(6)4-12-9(15)5-13-8(14)3-11/h1-2H,3-5,11H2,(H,12,15)(H,13,14). The molecule has 0 bridgehead atoms. The molecule has 0 fully saturated rings. The Morgan fingerprint density at radius 3 is 2.69 bits per heavy atom. The molecule has 1 rings (SSSR count). The fourth-order valence-corrected chi connectivity index (χ4v) is 2.38. The fraction of sp³-hybridized carbons (Fsp3) is 0.333. The van der Waals surface area contributed by atoms with Crippen molar-refractivity contribution in [3.8, 4) is 0 Å². The lowest BCUT2D eigenvalue weighted by molar-refractivity contribution is -0.125. The van der Waals surface area contributed by atoms with E-state index in [4.69, 9.17) is 5.73 Å². The van der Waals surface area contributed by atoms with Gasteiger partial charge in [0.15, 0.2) is 0 Å². The summed E-state index contributed by atoms with van der Waals surface area (Å²) in [6.45, 7) is 0.304. The Labute approximate surface area is 106 Å². The van der Waals surface area contributed by atoms with E-state index in [-0.39, 0.29) is 24.9 Å². The van der Waals surface area contributed by atoms with Gasteiger partial charge in [0, 0.05) is 9.35 Å². The molecule has 16 heavy (non-hydrogen) atoms. The van der Waals surface area contributed by atoms with Crippen molar-refractivity contribution >= 4 is 39.1 Å². The van der Waals surface area contributed by atoms with Crippen molar-refractivity contribution in [2.75, 3.05) is 13.1 Å². The molecule has 0 atom stereocenters. The average Bonchev–Trinajstić information content (AvgIpc) is 2.69. The number of nitrogens with two attached hydrogens (primary N) is 1. The molecule has 7 heteroatoms. The molecule has 0 spiro atoms. The molecule has 1 aromatic rings. The van der Waals surface area contributed by atoms with Crippen molar-refractivity contribution in [1.29, 1.82) is 0 Å². The molecular weight excluding hydrogens is 294 g/mol. The predicted octanol–water partition coefficient (Wildman–Crippen LogP) is 0.202. The Kier molecular flexibility index (Phi) is 5.44. The molecule has 0 aliphatic heterocycles. The van der Waals surface area contributed by atoms with Crippen LogP contribution in [-0.2, 0) is 16.1 Å². The van der Waals surface area contributed by atoms with Crippen LogP contribution in [0.5, 0.6) is 0 Å². The summed E-state index contributed by atoms with van der Waals surface area (Å²) >= 11 is 4.91. The highest BCUT2D eigenvalue weighted by Gasteiger charge is 2.05. The third-order valence-corrected chi connectivity index (χ3v) is 3.70. The van der Waals surface area contributed by atoms with Crippen LogP contribution >= 0.6 is 27.3 Å². The lowest BCUT2D eigenvalue weighted by Crippen LogP contribution is -2.39. The van der Waals surface area contributed by atoms with Crippen LogP contribution in [-0.4, -0.2) is 24.9 Å².